The molecule has 268 valence electrons. The normalized spacial score (nSPS) is 20.5. The second kappa shape index (κ2) is 16.3. The number of nitrogens with zero attached hydrogens (tertiary/aromatic N) is 4. The molecule has 5 aromatic rings. The minimum Gasteiger partial charge on any atom is -0.423 e. The van der Waals surface area contributed by atoms with Crippen molar-refractivity contribution in [3.8, 4) is 0 Å². The van der Waals surface area contributed by atoms with Crippen LogP contribution in [0.4, 0.5) is 5.88 Å². The van der Waals surface area contributed by atoms with Crippen LogP contribution in [-0.4, -0.2) is 48.0 Å². The van der Waals surface area contributed by atoms with Gasteiger partial charge in [-0.15, -0.1) is 11.3 Å². The summed E-state index contributed by atoms with van der Waals surface area (Å²) in [4.78, 5) is 14.3. The Morgan fingerprint density at radius 2 is 1.45 bits per heavy atom. The molecule has 51 heavy (non-hydrogen) atoms. The molecule has 2 N–H and O–H groups in total. The monoisotopic (exact) mass is 701 g/mol. The Bertz CT molecular complexity index is 1790. The summed E-state index contributed by atoms with van der Waals surface area (Å²) in [7, 11) is 2.14. The highest BCUT2D eigenvalue weighted by Crippen LogP contribution is 2.45. The summed E-state index contributed by atoms with van der Waals surface area (Å²) in [5.74, 6) is 2.89. The van der Waals surface area contributed by atoms with Crippen LogP contribution >= 0.6 is 11.3 Å². The Hall–Kier alpha value is -3.75. The van der Waals surface area contributed by atoms with Gasteiger partial charge in [0.15, 0.2) is 0 Å². The maximum Gasteiger partial charge on any atom is 0.220 e. The van der Waals surface area contributed by atoms with E-state index in [4.69, 9.17) is 15.1 Å². The smallest absolute Gasteiger partial charge is 0.220 e. The van der Waals surface area contributed by atoms with Crippen LogP contribution in [0.1, 0.15) is 83.8 Å². The molecule has 0 amide bonds. The van der Waals surface area contributed by atoms with Gasteiger partial charge in [0.2, 0.25) is 11.8 Å². The lowest BCUT2D eigenvalue weighted by molar-refractivity contribution is 0.0604. The topological polar surface area (TPSA) is 61.8 Å². The largest absolute Gasteiger partial charge is 0.423 e. The molecule has 0 bridgehead atoms. The average Bonchev–Trinajstić information content (AvgIpc) is 3.79. The number of hydrogen-bond donors (Lipinski definition) is 1. The summed E-state index contributed by atoms with van der Waals surface area (Å²) in [6.45, 7) is 10.4. The molecule has 2 aliphatic rings. The lowest BCUT2D eigenvalue weighted by Gasteiger charge is -2.42. The van der Waals surface area contributed by atoms with Crippen LogP contribution in [0.3, 0.4) is 0 Å². The van der Waals surface area contributed by atoms with Gasteiger partial charge in [-0.1, -0.05) is 104 Å². The van der Waals surface area contributed by atoms with Crippen LogP contribution in [0.25, 0.3) is 0 Å². The Morgan fingerprint density at radius 1 is 0.843 bits per heavy atom. The number of hydrogen-bond acceptors (Lipinski definition) is 7. The lowest BCUT2D eigenvalue weighted by atomic mass is 9.70. The predicted octanol–water partition coefficient (Wildman–Crippen LogP) is 9.20. The molecule has 1 aliphatic heterocycles. The number of piperazine rings is 1. The van der Waals surface area contributed by atoms with Crippen molar-refractivity contribution in [3.05, 3.63) is 141 Å². The van der Waals surface area contributed by atoms with Gasteiger partial charge in [0.1, 0.15) is 5.69 Å². The first-order valence-electron chi connectivity index (χ1n) is 19.0. The molecule has 0 radical (unpaired) electrons. The molecular formula is C44H55N5OS. The van der Waals surface area contributed by atoms with E-state index < -0.39 is 0 Å². The quantitative estimate of drug-likeness (QED) is 0.132. The van der Waals surface area contributed by atoms with E-state index in [0.29, 0.717) is 11.8 Å². The van der Waals surface area contributed by atoms with Gasteiger partial charge in [0.05, 0.1) is 11.6 Å². The van der Waals surface area contributed by atoms with E-state index in [1.807, 2.05) is 11.3 Å². The van der Waals surface area contributed by atoms with Gasteiger partial charge in [-0.25, -0.2) is 4.98 Å². The van der Waals surface area contributed by atoms with Crippen LogP contribution in [-0.2, 0) is 25.0 Å². The summed E-state index contributed by atoms with van der Waals surface area (Å²) < 4.78 is 6.98. The van der Waals surface area contributed by atoms with E-state index >= 15 is 0 Å². The molecule has 2 atom stereocenters. The first-order valence-corrected chi connectivity index (χ1v) is 19.8. The Morgan fingerprint density at radius 3 is 2.06 bits per heavy atom. The molecule has 2 unspecified atom stereocenters. The van der Waals surface area contributed by atoms with Gasteiger partial charge < -0.3 is 15.1 Å². The first-order chi connectivity index (χ1) is 24.8. The van der Waals surface area contributed by atoms with Crippen molar-refractivity contribution in [2.75, 3.05) is 38.1 Å². The molecule has 3 heterocycles. The number of anilines is 1. The second-order valence-corrected chi connectivity index (χ2v) is 16.2. The zero-order chi connectivity index (χ0) is 35.2. The summed E-state index contributed by atoms with van der Waals surface area (Å²) in [6.07, 6.45) is 6.55. The number of nitrogens with two attached hydrogens (primary N) is 1. The molecule has 3 aromatic carbocycles. The summed E-state index contributed by atoms with van der Waals surface area (Å²) in [6, 6.07) is 34.6. The van der Waals surface area contributed by atoms with Crippen molar-refractivity contribution < 1.29 is 4.42 Å². The van der Waals surface area contributed by atoms with Crippen molar-refractivity contribution in [2.24, 2.45) is 17.6 Å². The van der Waals surface area contributed by atoms with Crippen molar-refractivity contribution in [1.29, 1.82) is 0 Å². The molecular weight excluding hydrogens is 647 g/mol. The van der Waals surface area contributed by atoms with E-state index in [0.717, 1.165) is 69.6 Å². The van der Waals surface area contributed by atoms with Crippen LogP contribution in [0.15, 0.2) is 107 Å². The fourth-order valence-corrected chi connectivity index (χ4v) is 9.62. The Balaban J connectivity index is 1.13. The standard InChI is InChI=1S/C44H55N5OS/c1-33-23-28-51-41(33)44(2,45)38-21-19-35(20-22-38)30-40(49-26-24-48(25-27-49)32-37-17-11-6-12-18-37)42-46-39(29-34-13-7-4-8-14-34)43(50-42)47(3)31-36-15-9-5-10-16-36/h4-18,23,28,35,38,40H,19-22,24-27,29-32,45H2,1-3H3. The number of aryl methyl sites for hydroxylation is 1. The molecule has 1 saturated heterocycles. The molecule has 7 heteroatoms. The van der Waals surface area contributed by atoms with Crippen molar-refractivity contribution in [3.63, 3.8) is 0 Å². The first kappa shape index (κ1) is 35.6. The lowest BCUT2D eigenvalue weighted by Crippen LogP contribution is -2.47. The molecule has 1 saturated carbocycles. The van der Waals surface area contributed by atoms with Crippen molar-refractivity contribution >= 4 is 17.2 Å². The number of benzene rings is 3. The Labute approximate surface area is 309 Å². The third-order valence-corrected chi connectivity index (χ3v) is 12.8. The molecule has 6 nitrogen and oxygen atoms in total. The van der Waals surface area contributed by atoms with Gasteiger partial charge in [0.25, 0.3) is 0 Å². The number of aromatic nitrogens is 1. The summed E-state index contributed by atoms with van der Waals surface area (Å²) in [5.41, 5.74) is 13.1. The third-order valence-electron chi connectivity index (χ3n) is 11.5. The fourth-order valence-electron chi connectivity index (χ4n) is 8.54. The third kappa shape index (κ3) is 8.66. The highest BCUT2D eigenvalue weighted by Gasteiger charge is 2.39. The van der Waals surface area contributed by atoms with E-state index in [1.54, 1.807) is 0 Å². The van der Waals surface area contributed by atoms with Gasteiger partial charge in [0, 0.05) is 57.6 Å². The highest BCUT2D eigenvalue weighted by atomic mass is 32.1. The number of thiophene rings is 1. The van der Waals surface area contributed by atoms with Crippen LogP contribution < -0.4 is 10.6 Å². The Kier molecular flexibility index (Phi) is 11.4. The average molecular weight is 702 g/mol. The van der Waals surface area contributed by atoms with Gasteiger partial charge >= 0.3 is 0 Å². The minimum absolute atomic E-state index is 0.141. The molecule has 2 fully saturated rings. The van der Waals surface area contributed by atoms with Gasteiger partial charge in [-0.3, -0.25) is 9.80 Å². The van der Waals surface area contributed by atoms with Gasteiger partial charge in [-0.05, 0) is 78.6 Å². The second-order valence-electron chi connectivity index (χ2n) is 15.3. The summed E-state index contributed by atoms with van der Waals surface area (Å²) in [5, 5.41) is 2.19. The highest BCUT2D eigenvalue weighted by molar-refractivity contribution is 7.10. The fraction of sp³-hybridized carbons (Fsp3) is 0.432. The molecule has 2 aromatic heterocycles. The zero-order valence-corrected chi connectivity index (χ0v) is 31.5. The van der Waals surface area contributed by atoms with Crippen LogP contribution in [0.2, 0.25) is 0 Å². The molecule has 1 aliphatic carbocycles. The minimum atomic E-state index is -0.273. The summed E-state index contributed by atoms with van der Waals surface area (Å²) >= 11 is 1.82. The van der Waals surface area contributed by atoms with E-state index in [-0.39, 0.29) is 11.6 Å². The van der Waals surface area contributed by atoms with Crippen LogP contribution in [0.5, 0.6) is 0 Å². The van der Waals surface area contributed by atoms with E-state index in [2.05, 4.69) is 138 Å². The molecule has 0 spiro atoms. The van der Waals surface area contributed by atoms with Crippen LogP contribution in [0, 0.1) is 18.8 Å². The number of oxazole rings is 1. The van der Waals surface area contributed by atoms with Gasteiger partial charge in [-0.2, -0.15) is 0 Å². The van der Waals surface area contributed by atoms with Crippen molar-refractivity contribution in [2.45, 2.75) is 77.0 Å². The molecule has 7 rings (SSSR count). The predicted molar refractivity (Wildman–Crippen MR) is 211 cm³/mol. The SMILES string of the molecule is Cc1ccsc1C(C)(N)C1CCC(CC(c2nc(Cc3ccccc3)c(N(C)Cc3ccccc3)o2)N2CCN(Cc3ccccc3)CC2)CC1. The maximum atomic E-state index is 7.11. The van der Waals surface area contributed by atoms with E-state index in [9.17, 15) is 0 Å². The van der Waals surface area contributed by atoms with Crippen molar-refractivity contribution in [1.82, 2.24) is 14.8 Å². The number of rotatable bonds is 13. The maximum absolute atomic E-state index is 7.11. The zero-order valence-electron chi connectivity index (χ0n) is 30.7. The van der Waals surface area contributed by atoms with E-state index in [1.165, 1.54) is 52.8 Å².